The number of carbonyl (C=O) groups is 1. The lowest BCUT2D eigenvalue weighted by Gasteiger charge is -2.09. The first-order valence-electron chi connectivity index (χ1n) is 9.51. The van der Waals surface area contributed by atoms with E-state index in [0.717, 1.165) is 28.9 Å². The van der Waals surface area contributed by atoms with Crippen molar-refractivity contribution in [2.24, 2.45) is 0 Å². The Labute approximate surface area is 168 Å². The number of hydrogen-bond donors (Lipinski definition) is 1. The Bertz CT molecular complexity index is 1120. The van der Waals surface area contributed by atoms with Crippen molar-refractivity contribution in [1.29, 1.82) is 0 Å². The minimum atomic E-state index is -0.172. The highest BCUT2D eigenvalue weighted by Gasteiger charge is 2.10. The van der Waals surface area contributed by atoms with Gasteiger partial charge in [0, 0.05) is 44.4 Å². The van der Waals surface area contributed by atoms with Gasteiger partial charge in [-0.3, -0.25) is 9.20 Å². The molecule has 29 heavy (non-hydrogen) atoms. The molecule has 0 saturated carbocycles. The highest BCUT2D eigenvalue weighted by Crippen LogP contribution is 2.26. The van der Waals surface area contributed by atoms with Crippen molar-refractivity contribution < 1.29 is 14.3 Å². The zero-order valence-electron chi connectivity index (χ0n) is 16.2. The molecule has 0 aliphatic rings. The van der Waals surface area contributed by atoms with Gasteiger partial charge in [-0.15, -0.1) is 10.2 Å². The second kappa shape index (κ2) is 8.74. The summed E-state index contributed by atoms with van der Waals surface area (Å²) in [4.78, 5) is 12.2. The molecule has 3 aromatic heterocycles. The summed E-state index contributed by atoms with van der Waals surface area (Å²) in [5.74, 6) is 1.33. The maximum Gasteiger partial charge on any atom is 0.257 e. The summed E-state index contributed by atoms with van der Waals surface area (Å²) in [5, 5.41) is 12.1. The van der Waals surface area contributed by atoms with Crippen LogP contribution >= 0.6 is 0 Å². The molecule has 8 heteroatoms. The summed E-state index contributed by atoms with van der Waals surface area (Å²) in [6.45, 7) is 1.83. The molecule has 1 N–H and O–H groups in total. The molecule has 4 rings (SSSR count). The van der Waals surface area contributed by atoms with Gasteiger partial charge in [-0.2, -0.15) is 0 Å². The molecule has 0 radical (unpaired) electrons. The van der Waals surface area contributed by atoms with Gasteiger partial charge < -0.3 is 19.4 Å². The number of aromatic nitrogens is 4. The van der Waals surface area contributed by atoms with E-state index in [9.17, 15) is 4.79 Å². The maximum absolute atomic E-state index is 12.2. The van der Waals surface area contributed by atoms with E-state index < -0.39 is 0 Å². The third-order valence-corrected chi connectivity index (χ3v) is 4.72. The fourth-order valence-corrected chi connectivity index (χ4v) is 3.28. The van der Waals surface area contributed by atoms with Crippen LogP contribution in [0.1, 0.15) is 5.82 Å². The molecule has 0 spiro atoms. The van der Waals surface area contributed by atoms with E-state index in [4.69, 9.17) is 9.47 Å². The van der Waals surface area contributed by atoms with Crippen LogP contribution in [0, 0.1) is 0 Å². The van der Waals surface area contributed by atoms with Crippen LogP contribution < -0.4 is 10.1 Å². The largest absolute Gasteiger partial charge is 0.483 e. The molecule has 150 valence electrons. The molecule has 0 bridgehead atoms. The van der Waals surface area contributed by atoms with Gasteiger partial charge in [0.1, 0.15) is 11.6 Å². The molecule has 0 fully saturated rings. The molecule has 1 amide bonds. The van der Waals surface area contributed by atoms with Crippen LogP contribution in [0.25, 0.3) is 16.6 Å². The quantitative estimate of drug-likeness (QED) is 0.471. The van der Waals surface area contributed by atoms with Gasteiger partial charge in [-0.1, -0.05) is 12.1 Å². The minimum absolute atomic E-state index is 0.0387. The average Bonchev–Trinajstić information content (AvgIpc) is 3.35. The molecule has 4 aromatic rings. The van der Waals surface area contributed by atoms with Crippen LogP contribution in [0.2, 0.25) is 0 Å². The topological polar surface area (TPSA) is 82.7 Å². The first-order chi connectivity index (χ1) is 14.3. The number of nitrogens with one attached hydrogen (secondary N) is 1. The summed E-state index contributed by atoms with van der Waals surface area (Å²) < 4.78 is 14.9. The predicted octanol–water partition coefficient (Wildman–Crippen LogP) is 2.07. The summed E-state index contributed by atoms with van der Waals surface area (Å²) in [6.07, 6.45) is 4.50. The monoisotopic (exact) mass is 393 g/mol. The van der Waals surface area contributed by atoms with Crippen molar-refractivity contribution in [3.05, 3.63) is 60.7 Å². The van der Waals surface area contributed by atoms with Crippen LogP contribution in [-0.2, 0) is 22.5 Å². The second-order valence-corrected chi connectivity index (χ2v) is 6.62. The number of pyridine rings is 1. The fourth-order valence-electron chi connectivity index (χ4n) is 3.28. The van der Waals surface area contributed by atoms with Gasteiger partial charge in [0.15, 0.2) is 12.3 Å². The first-order valence-corrected chi connectivity index (χ1v) is 9.51. The van der Waals surface area contributed by atoms with Crippen molar-refractivity contribution in [2.45, 2.75) is 13.0 Å². The number of methoxy groups -OCH3 is 1. The van der Waals surface area contributed by atoms with Gasteiger partial charge in [0.05, 0.1) is 12.1 Å². The van der Waals surface area contributed by atoms with E-state index in [1.54, 1.807) is 7.11 Å². The van der Waals surface area contributed by atoms with Crippen LogP contribution in [0.15, 0.2) is 54.9 Å². The van der Waals surface area contributed by atoms with Gasteiger partial charge in [-0.25, -0.2) is 0 Å². The van der Waals surface area contributed by atoms with E-state index in [2.05, 4.69) is 20.1 Å². The fraction of sp³-hybridized carbons (Fsp3) is 0.286. The molecular weight excluding hydrogens is 370 g/mol. The lowest BCUT2D eigenvalue weighted by atomic mass is 10.2. The molecular formula is C21H23N5O3. The molecule has 0 atom stereocenters. The van der Waals surface area contributed by atoms with Crippen molar-refractivity contribution in [3.8, 4) is 5.75 Å². The van der Waals surface area contributed by atoms with Crippen LogP contribution in [0.5, 0.6) is 5.75 Å². The zero-order valence-corrected chi connectivity index (χ0v) is 16.2. The van der Waals surface area contributed by atoms with Gasteiger partial charge in [0.2, 0.25) is 0 Å². The Balaban J connectivity index is 1.31. The standard InChI is InChI=1S/C21H23N5O3/c1-28-14-13-25-12-9-16-17(25)5-4-6-18(16)29-15-21(27)22-10-8-20-24-23-19-7-2-3-11-26(19)20/h2-7,9,11-12H,8,10,13-15H2,1H3,(H,22,27). The number of carbonyl (C=O) groups excluding carboxylic acids is 1. The molecule has 0 saturated heterocycles. The Morgan fingerprint density at radius 3 is 2.93 bits per heavy atom. The maximum atomic E-state index is 12.2. The van der Waals surface area contributed by atoms with E-state index in [1.807, 2.05) is 59.3 Å². The van der Waals surface area contributed by atoms with Crippen LogP contribution in [0.4, 0.5) is 0 Å². The summed E-state index contributed by atoms with van der Waals surface area (Å²) in [5.41, 5.74) is 1.85. The van der Waals surface area contributed by atoms with Crippen LogP contribution in [-0.4, -0.2) is 51.9 Å². The first kappa shape index (κ1) is 18.9. The third kappa shape index (κ3) is 4.22. The third-order valence-electron chi connectivity index (χ3n) is 4.72. The van der Waals surface area contributed by atoms with E-state index >= 15 is 0 Å². The normalized spacial score (nSPS) is 11.2. The average molecular weight is 393 g/mol. The molecule has 3 heterocycles. The molecule has 0 aliphatic heterocycles. The SMILES string of the molecule is COCCn1ccc2c(OCC(=O)NCCc3nnc4ccccn34)cccc21. The number of hydrogen-bond acceptors (Lipinski definition) is 5. The predicted molar refractivity (Wildman–Crippen MR) is 109 cm³/mol. The number of ether oxygens (including phenoxy) is 2. The van der Waals surface area contributed by atoms with Crippen molar-refractivity contribution in [3.63, 3.8) is 0 Å². The van der Waals surface area contributed by atoms with Crippen molar-refractivity contribution >= 4 is 22.5 Å². The number of amides is 1. The summed E-state index contributed by atoms with van der Waals surface area (Å²) >= 11 is 0. The number of rotatable bonds is 9. The van der Waals surface area contributed by atoms with E-state index in [0.29, 0.717) is 25.3 Å². The lowest BCUT2D eigenvalue weighted by Crippen LogP contribution is -2.30. The number of fused-ring (bicyclic) bond motifs is 2. The second-order valence-electron chi connectivity index (χ2n) is 6.62. The Morgan fingerprint density at radius 1 is 1.10 bits per heavy atom. The van der Waals surface area contributed by atoms with Crippen LogP contribution in [0.3, 0.4) is 0 Å². The Hall–Kier alpha value is -3.39. The van der Waals surface area contributed by atoms with E-state index in [1.165, 1.54) is 0 Å². The highest BCUT2D eigenvalue weighted by molar-refractivity contribution is 5.87. The van der Waals surface area contributed by atoms with E-state index in [-0.39, 0.29) is 12.5 Å². The summed E-state index contributed by atoms with van der Waals surface area (Å²) in [6, 6.07) is 13.6. The molecule has 1 aromatic carbocycles. The zero-order chi connectivity index (χ0) is 20.1. The Morgan fingerprint density at radius 2 is 2.03 bits per heavy atom. The van der Waals surface area contributed by atoms with Crippen molar-refractivity contribution in [1.82, 2.24) is 24.5 Å². The molecule has 0 aliphatic carbocycles. The number of nitrogens with zero attached hydrogens (tertiary/aromatic N) is 4. The highest BCUT2D eigenvalue weighted by atomic mass is 16.5. The van der Waals surface area contributed by atoms with Crippen molar-refractivity contribution in [2.75, 3.05) is 26.9 Å². The Kier molecular flexibility index (Phi) is 5.71. The van der Waals surface area contributed by atoms with Gasteiger partial charge >= 0.3 is 0 Å². The summed E-state index contributed by atoms with van der Waals surface area (Å²) in [7, 11) is 1.68. The molecule has 8 nitrogen and oxygen atoms in total. The van der Waals surface area contributed by atoms with Gasteiger partial charge in [0.25, 0.3) is 5.91 Å². The van der Waals surface area contributed by atoms with Gasteiger partial charge in [-0.05, 0) is 30.3 Å². The number of benzene rings is 1. The molecule has 0 unspecified atom stereocenters. The lowest BCUT2D eigenvalue weighted by molar-refractivity contribution is -0.123. The minimum Gasteiger partial charge on any atom is -0.483 e. The smallest absolute Gasteiger partial charge is 0.257 e.